The molecule has 0 radical (unpaired) electrons. The number of rotatable bonds is 36. The van der Waals surface area contributed by atoms with E-state index in [0.717, 1.165) is 13.8 Å². The predicted octanol–water partition coefficient (Wildman–Crippen LogP) is -1.73. The number of amides is 10. The second kappa shape index (κ2) is 38.0. The van der Waals surface area contributed by atoms with Crippen LogP contribution >= 0.6 is 0 Å². The molecule has 2 rings (SSSR count). The molecule has 0 unspecified atom stereocenters. The van der Waals surface area contributed by atoms with Crippen molar-refractivity contribution in [3.8, 4) is 0 Å². The molecular formula is C59H93N13O18. The highest BCUT2D eigenvalue weighted by atomic mass is 16.6. The Morgan fingerprint density at radius 1 is 0.578 bits per heavy atom. The van der Waals surface area contributed by atoms with Crippen molar-refractivity contribution in [3.63, 3.8) is 0 Å². The van der Waals surface area contributed by atoms with E-state index in [-0.39, 0.29) is 44.8 Å². The maximum absolute atomic E-state index is 14.8. The van der Waals surface area contributed by atoms with Gasteiger partial charge in [-0.15, -0.1) is 0 Å². The van der Waals surface area contributed by atoms with Crippen LogP contribution in [0.25, 0.3) is 0 Å². The van der Waals surface area contributed by atoms with Gasteiger partial charge in [0.2, 0.25) is 47.3 Å². The maximum Gasteiger partial charge on any atom is 0.408 e. The number of nitrogens with one attached hydrogen (secondary N) is 12. The Morgan fingerprint density at radius 2 is 1.08 bits per heavy atom. The lowest BCUT2D eigenvalue weighted by Crippen LogP contribution is -2.63. The number of aliphatic hydroxyl groups excluding tert-OH is 4. The number of benzene rings is 2. The average Bonchev–Trinajstić information content (AvgIpc) is 2.15. The van der Waals surface area contributed by atoms with Crippen LogP contribution in [0.4, 0.5) is 9.59 Å². The summed E-state index contributed by atoms with van der Waals surface area (Å²) in [5, 5.41) is 85.4. The minimum atomic E-state index is -1.87. The number of aliphatic hydroxyl groups is 4. The molecule has 502 valence electrons. The molecule has 0 saturated carbocycles. The number of hydrogen-bond acceptors (Lipinski definition) is 18. The average molecular weight is 1270 g/mol. The lowest BCUT2D eigenvalue weighted by atomic mass is 9.95. The van der Waals surface area contributed by atoms with E-state index in [2.05, 4.69) is 53.2 Å². The van der Waals surface area contributed by atoms with Crippen molar-refractivity contribution in [2.24, 2.45) is 23.5 Å². The van der Waals surface area contributed by atoms with E-state index in [4.69, 9.17) is 20.6 Å². The van der Waals surface area contributed by atoms with Gasteiger partial charge in [0, 0.05) is 6.54 Å². The van der Waals surface area contributed by atoms with Gasteiger partial charge in [-0.25, -0.2) is 14.4 Å². The second-order valence-corrected chi connectivity index (χ2v) is 23.4. The van der Waals surface area contributed by atoms with Gasteiger partial charge in [-0.05, 0) is 82.8 Å². The normalized spacial score (nSPS) is 15.7. The molecule has 0 heterocycles. The zero-order chi connectivity index (χ0) is 68.2. The van der Waals surface area contributed by atoms with Crippen molar-refractivity contribution in [2.75, 3.05) is 19.7 Å². The van der Waals surface area contributed by atoms with Gasteiger partial charge in [-0.3, -0.25) is 43.8 Å². The van der Waals surface area contributed by atoms with Gasteiger partial charge in [0.1, 0.15) is 60.5 Å². The number of carboxylic acid groups (broad SMARTS) is 1. The summed E-state index contributed by atoms with van der Waals surface area (Å²) in [5.74, 6) is -12.3. The summed E-state index contributed by atoms with van der Waals surface area (Å²) in [6, 6.07) is 1.75. The minimum Gasteiger partial charge on any atom is -0.480 e. The number of ether oxygens (including phenoxy) is 2. The number of aliphatic carboxylic acids is 1. The van der Waals surface area contributed by atoms with Crippen molar-refractivity contribution in [1.29, 1.82) is 5.41 Å². The quantitative estimate of drug-likeness (QED) is 0.0205. The Morgan fingerprint density at radius 3 is 1.60 bits per heavy atom. The highest BCUT2D eigenvalue weighted by Crippen LogP contribution is 2.21. The van der Waals surface area contributed by atoms with Crippen molar-refractivity contribution in [3.05, 3.63) is 71.8 Å². The molecule has 0 aliphatic rings. The topological polar surface area (TPSA) is 490 Å². The number of carbonyl (C=O) groups excluding carboxylic acids is 10. The molecule has 13 atom stereocenters. The molecule has 90 heavy (non-hydrogen) atoms. The lowest BCUT2D eigenvalue weighted by Gasteiger charge is -2.33. The molecule has 0 bridgehead atoms. The fraction of sp³-hybridized carbons (Fsp3) is 0.593. The third kappa shape index (κ3) is 27.4. The zero-order valence-electron chi connectivity index (χ0n) is 52.7. The van der Waals surface area contributed by atoms with Crippen molar-refractivity contribution >= 4 is 71.4 Å². The number of hydrogen-bond donors (Lipinski definition) is 18. The Labute approximate surface area is 523 Å². The predicted molar refractivity (Wildman–Crippen MR) is 326 cm³/mol. The van der Waals surface area contributed by atoms with E-state index in [1.165, 1.54) is 0 Å². The van der Waals surface area contributed by atoms with E-state index in [1.54, 1.807) is 123 Å². The number of carboxylic acids is 1. The summed E-state index contributed by atoms with van der Waals surface area (Å²) < 4.78 is 11.0. The first-order valence-corrected chi connectivity index (χ1v) is 29.5. The van der Waals surface area contributed by atoms with Crippen molar-refractivity contribution in [1.82, 2.24) is 58.5 Å². The summed E-state index contributed by atoms with van der Waals surface area (Å²) in [6.07, 6.45) is -6.98. The van der Waals surface area contributed by atoms with Crippen LogP contribution < -0.4 is 64.2 Å². The zero-order valence-corrected chi connectivity index (χ0v) is 52.7. The minimum absolute atomic E-state index is 0.0227. The van der Waals surface area contributed by atoms with E-state index in [1.807, 2.05) is 5.32 Å². The lowest BCUT2D eigenvalue weighted by molar-refractivity contribution is -0.144. The van der Waals surface area contributed by atoms with E-state index in [9.17, 15) is 78.3 Å². The molecule has 31 heteroatoms. The molecule has 2 aromatic rings. The van der Waals surface area contributed by atoms with E-state index in [0.29, 0.717) is 11.1 Å². The van der Waals surface area contributed by atoms with Gasteiger partial charge in [-0.2, -0.15) is 0 Å². The van der Waals surface area contributed by atoms with Crippen LogP contribution in [0.5, 0.6) is 0 Å². The van der Waals surface area contributed by atoms with Crippen LogP contribution in [0.3, 0.4) is 0 Å². The molecule has 0 aliphatic carbocycles. The standard InChI is InChI=1S/C59H93N13O18/c1-12-32(6)41(51(81)69-42(33(7)74)50(80)63-27-40(76)67-43(34(8)75)52(82)66-39(28-73)55(85)86)68-48(78)37(24-19-25-62-56(60)61)64-49(79)38(26-30(2)3)65-54(84)46(47(77)31(4)5)70-53(83)45(72-57(87)89-29-35-20-15-13-16-21-35)44(36-22-17-14-18-23-36)71-58(88)90-59(9,10)11/h13-18,20-23,30-34,37-39,41-47,73-75,77H,12,19,24-29H2,1-11H3,(H,63,80)(H,64,79)(H,65,84)(H,66,82)(H,67,76)(H,68,78)(H,69,81)(H,70,83)(H,71,88)(H,72,87)(H,85,86)(H4,60,61,62)/t32-,33-,34-,37+,38-,39-,41-,42-,43-,44+,45-,46-,47+/m0/s1. The maximum atomic E-state index is 14.8. The van der Waals surface area contributed by atoms with Gasteiger partial charge in [0.25, 0.3) is 0 Å². The van der Waals surface area contributed by atoms with Crippen LogP contribution in [0.15, 0.2) is 60.7 Å². The number of alkyl carbamates (subject to hydrolysis) is 2. The SMILES string of the molecule is CC[C@H](C)[C@H](NC(=O)[C@@H](CCCNC(=N)N)NC(=O)[C@H](CC(C)C)NC(=O)[C@@H](NC(=O)[C@@H](NC(=O)OCc1ccccc1)[C@H](NC(=O)OC(C)(C)C)c1ccccc1)[C@H](O)C(C)C)C(=O)N[C@H](C(=O)NCC(=O)N[C@H](C(=O)N[C@@H](CO)C(=O)O)[C@H](C)O)[C@H](C)O. The first kappa shape index (κ1) is 77.4. The monoisotopic (exact) mass is 1270 g/mol. The molecule has 0 aliphatic heterocycles. The number of carbonyl (C=O) groups is 11. The van der Waals surface area contributed by atoms with Crippen LogP contribution in [0.2, 0.25) is 0 Å². The Balaban J connectivity index is 2.54. The fourth-order valence-electron chi connectivity index (χ4n) is 8.57. The summed E-state index contributed by atoms with van der Waals surface area (Å²) in [4.78, 5) is 150. The van der Waals surface area contributed by atoms with Gasteiger partial charge < -0.3 is 99.2 Å². The Bertz CT molecular complexity index is 2720. The molecular weight excluding hydrogens is 1180 g/mol. The molecule has 10 amide bonds. The molecule has 0 saturated heterocycles. The molecule has 0 fully saturated rings. The largest absolute Gasteiger partial charge is 0.480 e. The molecule has 19 N–H and O–H groups in total. The first-order chi connectivity index (χ1) is 42.1. The Kier molecular flexibility index (Phi) is 32.7. The first-order valence-electron chi connectivity index (χ1n) is 29.5. The van der Waals surface area contributed by atoms with Gasteiger partial charge in [-0.1, -0.05) is 109 Å². The van der Waals surface area contributed by atoms with Crippen LogP contribution in [0.1, 0.15) is 119 Å². The van der Waals surface area contributed by atoms with E-state index < -0.39 is 175 Å². The van der Waals surface area contributed by atoms with Crippen LogP contribution in [-0.2, 0) is 59.2 Å². The number of nitrogens with two attached hydrogens (primary N) is 1. The third-order valence-electron chi connectivity index (χ3n) is 13.7. The molecule has 0 spiro atoms. The highest BCUT2D eigenvalue weighted by Gasteiger charge is 2.41. The van der Waals surface area contributed by atoms with Crippen molar-refractivity contribution in [2.45, 2.75) is 187 Å². The summed E-state index contributed by atoms with van der Waals surface area (Å²) in [7, 11) is 0. The Hall–Kier alpha value is -8.68. The van der Waals surface area contributed by atoms with Gasteiger partial charge in [0.05, 0.1) is 37.5 Å². The van der Waals surface area contributed by atoms with E-state index >= 15 is 0 Å². The smallest absolute Gasteiger partial charge is 0.408 e. The molecule has 31 nitrogen and oxygen atoms in total. The second-order valence-electron chi connectivity index (χ2n) is 23.4. The summed E-state index contributed by atoms with van der Waals surface area (Å²) in [6.45, 7) is 14.7. The van der Waals surface area contributed by atoms with Crippen LogP contribution in [0, 0.1) is 23.2 Å². The highest BCUT2D eigenvalue weighted by molar-refractivity contribution is 5.98. The third-order valence-corrected chi connectivity index (χ3v) is 13.7. The molecule has 2 aromatic carbocycles. The van der Waals surface area contributed by atoms with Crippen LogP contribution in [-0.4, -0.2) is 189 Å². The number of guanidine groups is 1. The molecule has 0 aromatic heterocycles. The fourth-order valence-corrected chi connectivity index (χ4v) is 8.57. The summed E-state index contributed by atoms with van der Waals surface area (Å²) in [5.41, 5.74) is 5.37. The van der Waals surface area contributed by atoms with Gasteiger partial charge >= 0.3 is 18.2 Å². The summed E-state index contributed by atoms with van der Waals surface area (Å²) >= 11 is 0. The van der Waals surface area contributed by atoms with Crippen molar-refractivity contribution < 1.29 is 87.7 Å². The van der Waals surface area contributed by atoms with Gasteiger partial charge in [0.15, 0.2) is 5.96 Å².